The summed E-state index contributed by atoms with van der Waals surface area (Å²) >= 11 is 0. The summed E-state index contributed by atoms with van der Waals surface area (Å²) in [7, 11) is 0. The van der Waals surface area contributed by atoms with Crippen LogP contribution in [0.1, 0.15) is 47.0 Å². The molecule has 4 N–H and O–H groups in total. The van der Waals surface area contributed by atoms with Gasteiger partial charge in [-0.1, -0.05) is 0 Å². The molecule has 0 rings (SSSR count). The molecule has 0 aromatic heterocycles. The maximum atomic E-state index is 12.1. The maximum absolute atomic E-state index is 12.1. The summed E-state index contributed by atoms with van der Waals surface area (Å²) in [5, 5.41) is 0. The normalized spacial score (nSPS) is 14.6. The van der Waals surface area contributed by atoms with E-state index in [2.05, 4.69) is 0 Å². The van der Waals surface area contributed by atoms with Crippen molar-refractivity contribution in [2.45, 2.75) is 58.1 Å². The van der Waals surface area contributed by atoms with Crippen molar-refractivity contribution in [2.24, 2.45) is 11.5 Å². The van der Waals surface area contributed by atoms with Gasteiger partial charge in [-0.05, 0) is 53.5 Å². The highest BCUT2D eigenvalue weighted by molar-refractivity contribution is 6.04. The molecule has 0 unspecified atom stereocenters. The van der Waals surface area contributed by atoms with Crippen LogP contribution in [0.25, 0.3) is 0 Å². The molecule has 0 radical (unpaired) electrons. The molecule has 0 aromatic carbocycles. The second-order valence-corrected chi connectivity index (χ2v) is 5.44. The number of ether oxygens (including phenoxy) is 2. The van der Waals surface area contributed by atoms with E-state index in [1.807, 2.05) is 0 Å². The van der Waals surface area contributed by atoms with Crippen molar-refractivity contribution < 1.29 is 19.1 Å². The van der Waals surface area contributed by atoms with Crippen molar-refractivity contribution in [2.75, 3.05) is 13.2 Å². The van der Waals surface area contributed by atoms with Crippen LogP contribution in [0.4, 0.5) is 0 Å². The van der Waals surface area contributed by atoms with Crippen LogP contribution >= 0.6 is 0 Å². The SMILES string of the molecule is CCOC(=O)[C@@](N)(CCCCN)C(=O)OC(C)(C)C. The van der Waals surface area contributed by atoms with Gasteiger partial charge < -0.3 is 20.9 Å². The molecule has 0 saturated heterocycles. The summed E-state index contributed by atoms with van der Waals surface area (Å²) in [6, 6.07) is 0. The fourth-order valence-corrected chi connectivity index (χ4v) is 1.46. The van der Waals surface area contributed by atoms with E-state index >= 15 is 0 Å². The highest BCUT2D eigenvalue weighted by atomic mass is 16.6. The van der Waals surface area contributed by atoms with Crippen molar-refractivity contribution in [3.8, 4) is 0 Å². The third kappa shape index (κ3) is 6.02. The molecule has 0 aromatic rings. The van der Waals surface area contributed by atoms with Crippen LogP contribution in [0.3, 0.4) is 0 Å². The predicted molar refractivity (Wildman–Crippen MR) is 72.3 cm³/mol. The zero-order valence-corrected chi connectivity index (χ0v) is 12.3. The molecule has 0 spiro atoms. The molecule has 0 aliphatic rings. The lowest BCUT2D eigenvalue weighted by atomic mass is 9.93. The number of hydrogen-bond acceptors (Lipinski definition) is 6. The third-order valence-electron chi connectivity index (χ3n) is 2.43. The van der Waals surface area contributed by atoms with E-state index in [0.717, 1.165) is 0 Å². The van der Waals surface area contributed by atoms with Gasteiger partial charge in [0.15, 0.2) is 0 Å². The van der Waals surface area contributed by atoms with Crippen LogP contribution < -0.4 is 11.5 Å². The van der Waals surface area contributed by atoms with Crippen molar-refractivity contribution in [1.29, 1.82) is 0 Å². The summed E-state index contributed by atoms with van der Waals surface area (Å²) in [5.74, 6) is -1.50. The predicted octanol–water partition coefficient (Wildman–Crippen LogP) is 0.718. The van der Waals surface area contributed by atoms with Crippen molar-refractivity contribution >= 4 is 11.9 Å². The van der Waals surface area contributed by atoms with Gasteiger partial charge in [-0.2, -0.15) is 0 Å². The summed E-state index contributed by atoms with van der Waals surface area (Å²) in [6.45, 7) is 7.46. The van der Waals surface area contributed by atoms with Gasteiger partial charge in [-0.3, -0.25) is 0 Å². The van der Waals surface area contributed by atoms with Crippen LogP contribution in [0.15, 0.2) is 0 Å². The Morgan fingerprint density at radius 3 is 2.11 bits per heavy atom. The van der Waals surface area contributed by atoms with Crippen molar-refractivity contribution in [1.82, 2.24) is 0 Å². The van der Waals surface area contributed by atoms with Gasteiger partial charge >= 0.3 is 11.9 Å². The van der Waals surface area contributed by atoms with Crippen LogP contribution in [0.5, 0.6) is 0 Å². The molecule has 0 fully saturated rings. The molecule has 0 saturated carbocycles. The number of esters is 2. The van der Waals surface area contributed by atoms with Crippen molar-refractivity contribution in [3.05, 3.63) is 0 Å². The molecule has 0 amide bonds. The molecule has 0 bridgehead atoms. The lowest BCUT2D eigenvalue weighted by Gasteiger charge is -2.29. The molecule has 1 atom stereocenters. The minimum absolute atomic E-state index is 0.164. The van der Waals surface area contributed by atoms with Gasteiger partial charge in [0.25, 0.3) is 0 Å². The molecule has 112 valence electrons. The highest BCUT2D eigenvalue weighted by Gasteiger charge is 2.46. The highest BCUT2D eigenvalue weighted by Crippen LogP contribution is 2.19. The van der Waals surface area contributed by atoms with E-state index in [9.17, 15) is 9.59 Å². The Balaban J connectivity index is 4.92. The van der Waals surface area contributed by atoms with Crippen molar-refractivity contribution in [3.63, 3.8) is 0 Å². The van der Waals surface area contributed by atoms with E-state index in [0.29, 0.717) is 19.4 Å². The maximum Gasteiger partial charge on any atom is 0.338 e. The quantitative estimate of drug-likeness (QED) is 0.402. The Hall–Kier alpha value is -1.14. The standard InChI is InChI=1S/C13H26N2O4/c1-5-18-10(16)13(15,8-6-7-9-14)11(17)19-12(2,3)4/h5-9,14-15H2,1-4H3/t13-/m0/s1. The summed E-state index contributed by atoms with van der Waals surface area (Å²) < 4.78 is 10.1. The van der Waals surface area contributed by atoms with Gasteiger partial charge in [0, 0.05) is 0 Å². The van der Waals surface area contributed by atoms with E-state index < -0.39 is 23.1 Å². The number of nitrogens with two attached hydrogens (primary N) is 2. The van der Waals surface area contributed by atoms with Gasteiger partial charge in [0.2, 0.25) is 5.54 Å². The minimum Gasteiger partial charge on any atom is -0.464 e. The van der Waals surface area contributed by atoms with Crippen LogP contribution in [0, 0.1) is 0 Å². The van der Waals surface area contributed by atoms with Gasteiger partial charge in [-0.25, -0.2) is 9.59 Å². The number of rotatable bonds is 7. The van der Waals surface area contributed by atoms with Crippen LogP contribution in [-0.2, 0) is 19.1 Å². The molecule has 0 aliphatic carbocycles. The lowest BCUT2D eigenvalue weighted by molar-refractivity contribution is -0.171. The average molecular weight is 274 g/mol. The van der Waals surface area contributed by atoms with Crippen LogP contribution in [-0.4, -0.2) is 36.2 Å². The Bertz CT molecular complexity index is 312. The Morgan fingerprint density at radius 2 is 1.68 bits per heavy atom. The number of carbonyl (C=O) groups is 2. The second-order valence-electron chi connectivity index (χ2n) is 5.44. The third-order valence-corrected chi connectivity index (χ3v) is 2.43. The summed E-state index contributed by atoms with van der Waals surface area (Å²) in [5.41, 5.74) is 8.87. The largest absolute Gasteiger partial charge is 0.464 e. The van der Waals surface area contributed by atoms with Gasteiger partial charge in [0.05, 0.1) is 6.61 Å². The summed E-state index contributed by atoms with van der Waals surface area (Å²) in [4.78, 5) is 24.0. The Kier molecular flexibility index (Phi) is 7.00. The van der Waals surface area contributed by atoms with E-state index in [4.69, 9.17) is 20.9 Å². The van der Waals surface area contributed by atoms with E-state index in [1.165, 1.54) is 0 Å². The molecule has 0 aliphatic heterocycles. The zero-order valence-electron chi connectivity index (χ0n) is 12.3. The monoisotopic (exact) mass is 274 g/mol. The summed E-state index contributed by atoms with van der Waals surface area (Å²) in [6.07, 6.45) is 1.41. The lowest BCUT2D eigenvalue weighted by Crippen LogP contribution is -2.57. The fraction of sp³-hybridized carbons (Fsp3) is 0.846. The first kappa shape index (κ1) is 17.9. The number of hydrogen-bond donors (Lipinski definition) is 2. The van der Waals surface area contributed by atoms with Gasteiger partial charge in [-0.15, -0.1) is 0 Å². The number of unbranched alkanes of at least 4 members (excludes halogenated alkanes) is 1. The zero-order chi connectivity index (χ0) is 15.1. The average Bonchev–Trinajstić information content (AvgIpc) is 2.27. The Morgan fingerprint density at radius 1 is 1.11 bits per heavy atom. The first-order valence-electron chi connectivity index (χ1n) is 6.57. The van der Waals surface area contributed by atoms with E-state index in [-0.39, 0.29) is 13.0 Å². The Labute approximate surface area is 114 Å². The van der Waals surface area contributed by atoms with Gasteiger partial charge in [0.1, 0.15) is 5.60 Å². The molecular formula is C13H26N2O4. The second kappa shape index (κ2) is 7.45. The smallest absolute Gasteiger partial charge is 0.338 e. The molecule has 0 heterocycles. The topological polar surface area (TPSA) is 105 Å². The van der Waals surface area contributed by atoms with Crippen LogP contribution in [0.2, 0.25) is 0 Å². The molecule has 6 heteroatoms. The number of carbonyl (C=O) groups excluding carboxylic acids is 2. The first-order chi connectivity index (χ1) is 8.67. The fourth-order valence-electron chi connectivity index (χ4n) is 1.46. The molecule has 19 heavy (non-hydrogen) atoms. The first-order valence-corrected chi connectivity index (χ1v) is 6.57. The van der Waals surface area contributed by atoms with E-state index in [1.54, 1.807) is 27.7 Å². The molecule has 6 nitrogen and oxygen atoms in total. The molecular weight excluding hydrogens is 248 g/mol. The minimum atomic E-state index is -1.75.